The first-order valence-corrected chi connectivity index (χ1v) is 6.06. The minimum atomic E-state index is 0.249. The third-order valence-corrected chi connectivity index (χ3v) is 3.45. The van der Waals surface area contributed by atoms with E-state index in [1.165, 1.54) is 16.6 Å². The number of fused-ring (bicyclic) bond motifs is 1. The van der Waals surface area contributed by atoms with Crippen LogP contribution in [0.4, 0.5) is 0 Å². The first kappa shape index (κ1) is 11.0. The number of aryl methyl sites for hydroxylation is 1. The van der Waals surface area contributed by atoms with Crippen molar-refractivity contribution < 1.29 is 4.57 Å². The van der Waals surface area contributed by atoms with E-state index >= 15 is 0 Å². The van der Waals surface area contributed by atoms with Crippen LogP contribution in [0, 0.1) is 0 Å². The van der Waals surface area contributed by atoms with Gasteiger partial charge in [0.25, 0.3) is 0 Å². The van der Waals surface area contributed by atoms with Crippen molar-refractivity contribution in [3.05, 3.63) is 54.6 Å². The molecule has 3 nitrogen and oxygen atoms in total. The van der Waals surface area contributed by atoms with Gasteiger partial charge in [-0.2, -0.15) is 0 Å². The molecule has 0 atom stereocenters. The Morgan fingerprint density at radius 2 is 2.17 bits per heavy atom. The van der Waals surface area contributed by atoms with Crippen LogP contribution in [0.2, 0.25) is 0 Å². The van der Waals surface area contributed by atoms with Gasteiger partial charge < -0.3 is 4.81 Å². The molecule has 4 heteroatoms. The van der Waals surface area contributed by atoms with Crippen molar-refractivity contribution in [2.24, 2.45) is 7.05 Å². The molecule has 0 aromatic carbocycles. The van der Waals surface area contributed by atoms with Gasteiger partial charge in [0.15, 0.2) is 11.8 Å². The highest BCUT2D eigenvalue weighted by Crippen LogP contribution is 2.08. The van der Waals surface area contributed by atoms with Crippen molar-refractivity contribution in [1.29, 1.82) is 0 Å². The van der Waals surface area contributed by atoms with Gasteiger partial charge in [0.1, 0.15) is 7.05 Å². The number of hydrogen-bond acceptors (Lipinski definition) is 2. The van der Waals surface area contributed by atoms with E-state index in [1.807, 2.05) is 12.4 Å². The molecule has 18 heavy (non-hydrogen) atoms. The van der Waals surface area contributed by atoms with Gasteiger partial charge in [-0.05, 0) is 42.5 Å². The summed E-state index contributed by atoms with van der Waals surface area (Å²) in [7, 11) is 4.19. The second kappa shape index (κ2) is 4.29. The molecule has 0 bridgehead atoms. The SMILES string of the molecule is CN1C=Cc2cnccc2B1c1cccc[n+]1C. The van der Waals surface area contributed by atoms with E-state index < -0.39 is 0 Å². The molecule has 0 spiro atoms. The smallest absolute Gasteiger partial charge is 0.404 e. The fourth-order valence-corrected chi connectivity index (χ4v) is 2.50. The average Bonchev–Trinajstić information content (AvgIpc) is 2.40. The van der Waals surface area contributed by atoms with Crippen molar-refractivity contribution in [1.82, 2.24) is 9.79 Å². The average molecular weight is 236 g/mol. The van der Waals surface area contributed by atoms with E-state index in [9.17, 15) is 0 Å². The monoisotopic (exact) mass is 236 g/mol. The maximum atomic E-state index is 4.20. The largest absolute Gasteiger partial charge is 0.411 e. The second-order valence-electron chi connectivity index (χ2n) is 4.62. The summed E-state index contributed by atoms with van der Waals surface area (Å²) in [5, 5.41) is 0. The summed E-state index contributed by atoms with van der Waals surface area (Å²) in [4.78, 5) is 6.43. The molecule has 0 N–H and O–H groups in total. The molecule has 0 amide bonds. The van der Waals surface area contributed by atoms with Crippen LogP contribution < -0.4 is 15.6 Å². The Hall–Kier alpha value is -2.10. The zero-order chi connectivity index (χ0) is 12.5. The number of pyridine rings is 2. The topological polar surface area (TPSA) is 20.0 Å². The molecule has 0 aliphatic carbocycles. The van der Waals surface area contributed by atoms with Crippen molar-refractivity contribution in [2.75, 3.05) is 7.05 Å². The van der Waals surface area contributed by atoms with Gasteiger partial charge in [-0.1, -0.05) is 6.07 Å². The lowest BCUT2D eigenvalue weighted by molar-refractivity contribution is -0.654. The van der Waals surface area contributed by atoms with Gasteiger partial charge >= 0.3 is 6.85 Å². The first-order chi connectivity index (χ1) is 8.77. The van der Waals surface area contributed by atoms with Crippen LogP contribution in [-0.4, -0.2) is 23.7 Å². The standard InChI is InChI=1S/C14H15BN3/c1-17-9-4-3-5-14(17)15-13-6-8-16-11-12(13)7-10-18(15)2/h3-11H,1-2H3/q+1. The van der Waals surface area contributed by atoms with Gasteiger partial charge in [-0.25, -0.2) is 4.57 Å². The highest BCUT2D eigenvalue weighted by molar-refractivity contribution is 6.82. The molecule has 1 aliphatic heterocycles. The van der Waals surface area contributed by atoms with E-state index in [0.29, 0.717) is 0 Å². The van der Waals surface area contributed by atoms with E-state index in [0.717, 1.165) is 0 Å². The fraction of sp³-hybridized carbons (Fsp3) is 0.143. The molecule has 1 aliphatic rings. The van der Waals surface area contributed by atoms with Crippen molar-refractivity contribution in [3.8, 4) is 0 Å². The Bertz CT molecular complexity index is 609. The highest BCUT2D eigenvalue weighted by atomic mass is 15.0. The predicted molar refractivity (Wildman–Crippen MR) is 73.7 cm³/mol. The van der Waals surface area contributed by atoms with Gasteiger partial charge in [0.2, 0.25) is 0 Å². The quantitative estimate of drug-likeness (QED) is 0.510. The normalized spacial score (nSPS) is 13.7. The van der Waals surface area contributed by atoms with Gasteiger partial charge in [-0.15, -0.1) is 0 Å². The lowest BCUT2D eigenvalue weighted by atomic mass is 9.49. The molecular formula is C14H15BN3+. The Morgan fingerprint density at radius 3 is 3.00 bits per heavy atom. The molecule has 3 heterocycles. The van der Waals surface area contributed by atoms with Crippen LogP contribution in [-0.2, 0) is 7.05 Å². The molecule has 0 fully saturated rings. The number of aromatic nitrogens is 2. The van der Waals surface area contributed by atoms with Crippen LogP contribution in [0.1, 0.15) is 5.56 Å². The molecule has 2 aromatic rings. The van der Waals surface area contributed by atoms with Crippen LogP contribution in [0.15, 0.2) is 49.1 Å². The molecular weight excluding hydrogens is 221 g/mol. The van der Waals surface area contributed by atoms with Crippen molar-refractivity contribution >= 4 is 24.0 Å². The van der Waals surface area contributed by atoms with Gasteiger partial charge in [-0.3, -0.25) is 4.98 Å². The number of nitrogens with zero attached hydrogens (tertiary/aromatic N) is 3. The second-order valence-corrected chi connectivity index (χ2v) is 4.62. The van der Waals surface area contributed by atoms with Crippen LogP contribution in [0.5, 0.6) is 0 Å². The summed E-state index contributed by atoms with van der Waals surface area (Å²) in [5.41, 5.74) is 3.78. The number of hydrogen-bond donors (Lipinski definition) is 0. The summed E-state index contributed by atoms with van der Waals surface area (Å²) in [6.45, 7) is 0.249. The summed E-state index contributed by atoms with van der Waals surface area (Å²) in [6.07, 6.45) is 10.1. The third kappa shape index (κ3) is 1.70. The predicted octanol–water partition coefficient (Wildman–Crippen LogP) is -0.0721. The van der Waals surface area contributed by atoms with E-state index in [-0.39, 0.29) is 6.85 Å². The van der Waals surface area contributed by atoms with Gasteiger partial charge in [0, 0.05) is 18.5 Å². The molecule has 0 saturated carbocycles. The molecule has 3 rings (SSSR count). The molecule has 0 unspecified atom stereocenters. The summed E-state index contributed by atoms with van der Waals surface area (Å²) < 4.78 is 2.17. The van der Waals surface area contributed by atoms with E-state index in [2.05, 4.69) is 71.2 Å². The van der Waals surface area contributed by atoms with Crippen molar-refractivity contribution in [3.63, 3.8) is 0 Å². The van der Waals surface area contributed by atoms with E-state index in [1.54, 1.807) is 0 Å². The Balaban J connectivity index is 2.17. The highest BCUT2D eigenvalue weighted by Gasteiger charge is 2.34. The number of rotatable bonds is 1. The maximum absolute atomic E-state index is 4.20. The van der Waals surface area contributed by atoms with Crippen LogP contribution in [0.3, 0.4) is 0 Å². The Morgan fingerprint density at radius 1 is 1.28 bits per heavy atom. The molecule has 2 aromatic heterocycles. The van der Waals surface area contributed by atoms with Crippen LogP contribution in [0.25, 0.3) is 6.08 Å². The molecule has 0 radical (unpaired) electrons. The van der Waals surface area contributed by atoms with Crippen molar-refractivity contribution in [2.45, 2.75) is 0 Å². The van der Waals surface area contributed by atoms with Gasteiger partial charge in [0.05, 0.1) is 0 Å². The van der Waals surface area contributed by atoms with Crippen LogP contribution >= 0.6 is 0 Å². The third-order valence-electron chi connectivity index (χ3n) is 3.45. The minimum Gasteiger partial charge on any atom is -0.411 e. The lowest BCUT2D eigenvalue weighted by Gasteiger charge is -2.26. The summed E-state index contributed by atoms with van der Waals surface area (Å²) in [6, 6.07) is 8.41. The maximum Gasteiger partial charge on any atom is 0.404 e. The zero-order valence-electron chi connectivity index (χ0n) is 10.6. The fourth-order valence-electron chi connectivity index (χ4n) is 2.50. The first-order valence-electron chi connectivity index (χ1n) is 6.06. The summed E-state index contributed by atoms with van der Waals surface area (Å²) >= 11 is 0. The summed E-state index contributed by atoms with van der Waals surface area (Å²) in [5.74, 6) is 0. The minimum absolute atomic E-state index is 0.249. The lowest BCUT2D eigenvalue weighted by Crippen LogP contribution is -2.65. The Labute approximate surface area is 108 Å². The zero-order valence-corrected chi connectivity index (χ0v) is 10.6. The Kier molecular flexibility index (Phi) is 2.63. The molecule has 0 saturated heterocycles. The van der Waals surface area contributed by atoms with E-state index in [4.69, 9.17) is 0 Å². The molecule has 88 valence electrons.